The van der Waals surface area contributed by atoms with Crippen LogP contribution in [-0.2, 0) is 9.59 Å². The van der Waals surface area contributed by atoms with Gasteiger partial charge in [-0.15, -0.1) is 0 Å². The number of nitrogens with zero attached hydrogens (tertiary/aromatic N) is 1. The molecule has 2 unspecified atom stereocenters. The Labute approximate surface area is 77.2 Å². The van der Waals surface area contributed by atoms with E-state index in [1.165, 1.54) is 6.07 Å². The molecule has 2 atom stereocenters. The molecule has 0 aromatic rings. The molecule has 0 aliphatic carbocycles. The summed E-state index contributed by atoms with van der Waals surface area (Å²) in [6, 6.07) is 1.46. The van der Waals surface area contributed by atoms with Gasteiger partial charge in [-0.25, -0.2) is 0 Å². The molecule has 0 N–H and O–H groups in total. The third kappa shape index (κ3) is 2.86. The molecular formula is C9H12NO3-. The van der Waals surface area contributed by atoms with Crippen molar-refractivity contribution >= 4 is 11.8 Å². The quantitative estimate of drug-likeness (QED) is 0.555. The first kappa shape index (κ1) is 11.6. The molecule has 0 aromatic carbocycles. The lowest BCUT2D eigenvalue weighted by Crippen LogP contribution is -2.38. The molecule has 0 amide bonds. The maximum atomic E-state index is 11.0. The second-order valence-corrected chi connectivity index (χ2v) is 2.82. The lowest BCUT2D eigenvalue weighted by atomic mass is 9.85. The van der Waals surface area contributed by atoms with Crippen molar-refractivity contribution < 1.29 is 14.7 Å². The highest BCUT2D eigenvalue weighted by molar-refractivity contribution is 5.97. The first-order valence-corrected chi connectivity index (χ1v) is 4.23. The number of hydrogen-bond acceptors (Lipinski definition) is 4. The van der Waals surface area contributed by atoms with Crippen molar-refractivity contribution in [3.05, 3.63) is 0 Å². The minimum Gasteiger partial charge on any atom is -0.550 e. The molecule has 0 heterocycles. The van der Waals surface area contributed by atoms with Gasteiger partial charge in [-0.05, 0) is 12.8 Å². The average molecular weight is 182 g/mol. The van der Waals surface area contributed by atoms with Gasteiger partial charge >= 0.3 is 0 Å². The van der Waals surface area contributed by atoms with Gasteiger partial charge in [-0.2, -0.15) is 5.26 Å². The molecule has 4 nitrogen and oxygen atoms in total. The first-order chi connectivity index (χ1) is 6.08. The van der Waals surface area contributed by atoms with Crippen molar-refractivity contribution in [3.8, 4) is 6.07 Å². The maximum absolute atomic E-state index is 11.0. The van der Waals surface area contributed by atoms with Crippen molar-refractivity contribution in [3.63, 3.8) is 0 Å². The zero-order chi connectivity index (χ0) is 10.4. The van der Waals surface area contributed by atoms with E-state index in [1.807, 2.05) is 0 Å². The summed E-state index contributed by atoms with van der Waals surface area (Å²) in [6.07, 6.45) is 0.674. The van der Waals surface area contributed by atoms with E-state index in [-0.39, 0.29) is 0 Å². The zero-order valence-corrected chi connectivity index (χ0v) is 7.74. The summed E-state index contributed by atoms with van der Waals surface area (Å²) in [5.74, 6) is -3.48. The number of Topliss-reactive ketones (excluding diaryl/α,β-unsaturated/α-hetero) is 1. The molecule has 0 saturated carbocycles. The molecular weight excluding hydrogens is 170 g/mol. The summed E-state index contributed by atoms with van der Waals surface area (Å²) in [5, 5.41) is 18.9. The number of carboxylic acid groups (broad SMARTS) is 1. The third-order valence-electron chi connectivity index (χ3n) is 2.12. The van der Waals surface area contributed by atoms with Crippen LogP contribution < -0.4 is 5.11 Å². The lowest BCUT2D eigenvalue weighted by molar-refractivity contribution is -0.313. The monoisotopic (exact) mass is 182 g/mol. The molecule has 0 aromatic heterocycles. The van der Waals surface area contributed by atoms with E-state index < -0.39 is 23.6 Å². The first-order valence-electron chi connectivity index (χ1n) is 4.23. The van der Waals surface area contributed by atoms with Crippen molar-refractivity contribution in [2.45, 2.75) is 26.7 Å². The van der Waals surface area contributed by atoms with Gasteiger partial charge in [0.1, 0.15) is 6.07 Å². The molecule has 0 bridgehead atoms. The minimum atomic E-state index is -1.25. The van der Waals surface area contributed by atoms with Crippen LogP contribution >= 0.6 is 0 Å². The van der Waals surface area contributed by atoms with Crippen LogP contribution in [0.25, 0.3) is 0 Å². The fraction of sp³-hybridized carbons (Fsp3) is 0.667. The molecule has 13 heavy (non-hydrogen) atoms. The van der Waals surface area contributed by atoms with Crippen LogP contribution in [0.2, 0.25) is 0 Å². The Bertz CT molecular complexity index is 242. The molecule has 0 saturated heterocycles. The SMILES string of the molecule is CCC(C(=O)[O-])C(CC)C(=O)C#N. The van der Waals surface area contributed by atoms with E-state index in [2.05, 4.69) is 0 Å². The van der Waals surface area contributed by atoms with Gasteiger partial charge in [0.25, 0.3) is 0 Å². The van der Waals surface area contributed by atoms with E-state index in [4.69, 9.17) is 5.26 Å². The number of carbonyl (C=O) groups excluding carboxylic acids is 2. The Morgan fingerprint density at radius 3 is 2.00 bits per heavy atom. The Balaban J connectivity index is 4.64. The summed E-state index contributed by atoms with van der Waals surface area (Å²) in [5.41, 5.74) is 0. The van der Waals surface area contributed by atoms with E-state index >= 15 is 0 Å². The number of hydrogen-bond donors (Lipinski definition) is 0. The standard InChI is InChI=1S/C9H13NO3/c1-3-6(8(11)5-10)7(4-2)9(12)13/h6-7H,3-4H2,1-2H3,(H,12,13)/p-1. The Morgan fingerprint density at radius 2 is 1.77 bits per heavy atom. The largest absolute Gasteiger partial charge is 0.550 e. The molecule has 0 radical (unpaired) electrons. The van der Waals surface area contributed by atoms with E-state index in [0.717, 1.165) is 0 Å². The summed E-state index contributed by atoms with van der Waals surface area (Å²) >= 11 is 0. The molecule has 0 fully saturated rings. The lowest BCUT2D eigenvalue weighted by Gasteiger charge is -2.22. The summed E-state index contributed by atoms with van der Waals surface area (Å²) in [4.78, 5) is 21.6. The molecule has 4 heteroatoms. The number of rotatable bonds is 5. The number of nitriles is 1. The summed E-state index contributed by atoms with van der Waals surface area (Å²) < 4.78 is 0. The van der Waals surface area contributed by atoms with Crippen LogP contribution in [0.15, 0.2) is 0 Å². The zero-order valence-electron chi connectivity index (χ0n) is 7.74. The van der Waals surface area contributed by atoms with E-state index in [0.29, 0.717) is 12.8 Å². The van der Waals surface area contributed by atoms with Gasteiger partial charge in [0.05, 0.1) is 0 Å². The highest BCUT2D eigenvalue weighted by Gasteiger charge is 2.25. The maximum Gasteiger partial charge on any atom is 0.235 e. The number of carboxylic acids is 1. The van der Waals surface area contributed by atoms with Crippen molar-refractivity contribution in [1.29, 1.82) is 5.26 Å². The normalized spacial score (nSPS) is 14.2. The summed E-state index contributed by atoms with van der Waals surface area (Å²) in [7, 11) is 0. The van der Waals surface area contributed by atoms with Crippen LogP contribution in [0.5, 0.6) is 0 Å². The van der Waals surface area contributed by atoms with Crippen molar-refractivity contribution in [2.75, 3.05) is 0 Å². The molecule has 0 aliphatic heterocycles. The van der Waals surface area contributed by atoms with Crippen molar-refractivity contribution in [2.24, 2.45) is 11.8 Å². The van der Waals surface area contributed by atoms with Gasteiger partial charge in [-0.3, -0.25) is 4.79 Å². The molecule has 0 aliphatic rings. The highest BCUT2D eigenvalue weighted by atomic mass is 16.4. The predicted molar refractivity (Wildman–Crippen MR) is 43.2 cm³/mol. The van der Waals surface area contributed by atoms with E-state index in [9.17, 15) is 14.7 Å². The fourth-order valence-electron chi connectivity index (χ4n) is 1.35. The third-order valence-corrected chi connectivity index (χ3v) is 2.12. The van der Waals surface area contributed by atoms with Gasteiger partial charge in [0, 0.05) is 17.8 Å². The van der Waals surface area contributed by atoms with Gasteiger partial charge in [-0.1, -0.05) is 13.8 Å². The Hall–Kier alpha value is -1.37. The van der Waals surface area contributed by atoms with Gasteiger partial charge < -0.3 is 9.90 Å². The number of carbonyl (C=O) groups is 2. The highest BCUT2D eigenvalue weighted by Crippen LogP contribution is 2.19. The molecule has 0 spiro atoms. The van der Waals surface area contributed by atoms with Gasteiger partial charge in [0.15, 0.2) is 0 Å². The van der Waals surface area contributed by atoms with E-state index in [1.54, 1.807) is 13.8 Å². The topological polar surface area (TPSA) is 81.0 Å². The molecule has 72 valence electrons. The smallest absolute Gasteiger partial charge is 0.235 e. The summed E-state index contributed by atoms with van der Waals surface area (Å²) in [6.45, 7) is 3.35. The van der Waals surface area contributed by atoms with Crippen LogP contribution in [0, 0.1) is 23.2 Å². The predicted octanol–water partition coefficient (Wildman–Crippen LogP) is -0.119. The number of aliphatic carboxylic acids is 1. The fourth-order valence-corrected chi connectivity index (χ4v) is 1.35. The second kappa shape index (κ2) is 5.31. The van der Waals surface area contributed by atoms with Gasteiger partial charge in [0.2, 0.25) is 5.78 Å². The van der Waals surface area contributed by atoms with Crippen LogP contribution in [-0.4, -0.2) is 11.8 Å². The average Bonchev–Trinajstić information content (AvgIpc) is 2.12. The van der Waals surface area contributed by atoms with Crippen molar-refractivity contribution in [1.82, 2.24) is 0 Å². The van der Waals surface area contributed by atoms with Crippen LogP contribution in [0.3, 0.4) is 0 Å². The minimum absolute atomic E-state index is 0.314. The van der Waals surface area contributed by atoms with Crippen LogP contribution in [0.1, 0.15) is 26.7 Å². The second-order valence-electron chi connectivity index (χ2n) is 2.82. The number of ketones is 1. The molecule has 0 rings (SSSR count). The Morgan fingerprint density at radius 1 is 1.31 bits per heavy atom. The Kier molecular flexibility index (Phi) is 4.75. The van der Waals surface area contributed by atoms with Crippen LogP contribution in [0.4, 0.5) is 0 Å².